The summed E-state index contributed by atoms with van der Waals surface area (Å²) in [4.78, 5) is 2.19. The first-order valence-electron chi connectivity index (χ1n) is 5.81. The van der Waals surface area contributed by atoms with Crippen LogP contribution in [0.5, 0.6) is 5.75 Å². The standard InChI is InChI=1S/C13H15BrN2O/c14-11-3-1-5-13(9-11)17-8-7-16-6-2-4-12(16)10-15/h1,3,5,9,12H,2,4,6-8H2. The molecule has 0 radical (unpaired) electrons. The maximum atomic E-state index is 8.95. The van der Waals surface area contributed by atoms with Crippen LogP contribution in [0.1, 0.15) is 12.8 Å². The fraction of sp³-hybridized carbons (Fsp3) is 0.462. The lowest BCUT2D eigenvalue weighted by Crippen LogP contribution is -2.32. The van der Waals surface area contributed by atoms with Gasteiger partial charge in [-0.3, -0.25) is 4.90 Å². The molecule has 1 aliphatic rings. The fourth-order valence-electron chi connectivity index (χ4n) is 2.08. The molecule has 1 aromatic rings. The van der Waals surface area contributed by atoms with Gasteiger partial charge in [-0.25, -0.2) is 0 Å². The highest BCUT2D eigenvalue weighted by atomic mass is 79.9. The summed E-state index contributed by atoms with van der Waals surface area (Å²) in [5, 5.41) is 8.95. The van der Waals surface area contributed by atoms with Crippen molar-refractivity contribution in [1.29, 1.82) is 5.26 Å². The van der Waals surface area contributed by atoms with Gasteiger partial charge < -0.3 is 4.74 Å². The Morgan fingerprint density at radius 2 is 2.41 bits per heavy atom. The summed E-state index contributed by atoms with van der Waals surface area (Å²) in [6.07, 6.45) is 2.11. The molecule has 0 bridgehead atoms. The fourth-order valence-corrected chi connectivity index (χ4v) is 2.46. The van der Waals surface area contributed by atoms with E-state index in [2.05, 4.69) is 26.9 Å². The summed E-state index contributed by atoms with van der Waals surface area (Å²) in [7, 11) is 0. The average Bonchev–Trinajstić information content (AvgIpc) is 2.77. The van der Waals surface area contributed by atoms with Crippen molar-refractivity contribution >= 4 is 15.9 Å². The second-order valence-electron chi connectivity index (χ2n) is 4.13. The minimum absolute atomic E-state index is 0.0844. The van der Waals surface area contributed by atoms with Crippen molar-refractivity contribution in [3.05, 3.63) is 28.7 Å². The molecule has 3 nitrogen and oxygen atoms in total. The third-order valence-electron chi connectivity index (χ3n) is 2.96. The predicted octanol–water partition coefficient (Wildman–Crippen LogP) is 2.82. The maximum absolute atomic E-state index is 8.95. The molecule has 17 heavy (non-hydrogen) atoms. The van der Waals surface area contributed by atoms with Crippen LogP contribution in [-0.4, -0.2) is 30.6 Å². The lowest BCUT2D eigenvalue weighted by molar-refractivity contribution is 0.218. The molecule has 4 heteroatoms. The van der Waals surface area contributed by atoms with Crippen molar-refractivity contribution < 1.29 is 4.74 Å². The van der Waals surface area contributed by atoms with Crippen LogP contribution < -0.4 is 4.74 Å². The van der Waals surface area contributed by atoms with Crippen LogP contribution in [0.3, 0.4) is 0 Å². The first-order chi connectivity index (χ1) is 8.29. The molecule has 0 saturated carbocycles. The van der Waals surface area contributed by atoms with Gasteiger partial charge >= 0.3 is 0 Å². The highest BCUT2D eigenvalue weighted by Gasteiger charge is 2.23. The van der Waals surface area contributed by atoms with Crippen molar-refractivity contribution in [3.8, 4) is 11.8 Å². The highest BCUT2D eigenvalue weighted by Crippen LogP contribution is 2.19. The van der Waals surface area contributed by atoms with Crippen LogP contribution >= 0.6 is 15.9 Å². The van der Waals surface area contributed by atoms with E-state index in [1.54, 1.807) is 0 Å². The molecule has 2 rings (SSSR count). The Morgan fingerprint density at radius 1 is 1.53 bits per heavy atom. The van der Waals surface area contributed by atoms with Crippen molar-refractivity contribution in [1.82, 2.24) is 4.90 Å². The number of halogens is 1. The Labute approximate surface area is 110 Å². The summed E-state index contributed by atoms with van der Waals surface area (Å²) in [6, 6.07) is 10.2. The third kappa shape index (κ3) is 3.45. The van der Waals surface area contributed by atoms with Gasteiger partial charge in [-0.2, -0.15) is 5.26 Å². The van der Waals surface area contributed by atoms with E-state index in [9.17, 15) is 0 Å². The van der Waals surface area contributed by atoms with E-state index in [1.165, 1.54) is 0 Å². The summed E-state index contributed by atoms with van der Waals surface area (Å²) in [5.41, 5.74) is 0. The van der Waals surface area contributed by atoms with E-state index in [1.807, 2.05) is 24.3 Å². The minimum Gasteiger partial charge on any atom is -0.492 e. The molecule has 0 N–H and O–H groups in total. The van der Waals surface area contributed by atoms with Crippen molar-refractivity contribution in [3.63, 3.8) is 0 Å². The Morgan fingerprint density at radius 3 is 3.18 bits per heavy atom. The third-order valence-corrected chi connectivity index (χ3v) is 3.45. The van der Waals surface area contributed by atoms with Gasteiger partial charge in [0.1, 0.15) is 12.4 Å². The van der Waals surface area contributed by atoms with E-state index in [0.29, 0.717) is 6.61 Å². The average molecular weight is 295 g/mol. The molecule has 1 atom stereocenters. The molecule has 0 amide bonds. The van der Waals surface area contributed by atoms with Crippen LogP contribution in [-0.2, 0) is 0 Å². The van der Waals surface area contributed by atoms with Crippen molar-refractivity contribution in [2.75, 3.05) is 19.7 Å². The van der Waals surface area contributed by atoms with E-state index >= 15 is 0 Å². The Kier molecular flexibility index (Phi) is 4.41. The van der Waals surface area contributed by atoms with Gasteiger partial charge in [-0.15, -0.1) is 0 Å². The maximum Gasteiger partial charge on any atom is 0.120 e. The molecule has 1 aliphatic heterocycles. The van der Waals surface area contributed by atoms with Gasteiger partial charge in [-0.1, -0.05) is 22.0 Å². The Hall–Kier alpha value is -1.05. The quantitative estimate of drug-likeness (QED) is 0.857. The number of hydrogen-bond donors (Lipinski definition) is 0. The molecule has 1 saturated heterocycles. The number of nitrogens with zero attached hydrogens (tertiary/aromatic N) is 2. The zero-order chi connectivity index (χ0) is 12.1. The Bertz CT molecular complexity index is 416. The van der Waals surface area contributed by atoms with E-state index < -0.39 is 0 Å². The number of ether oxygens (including phenoxy) is 1. The lowest BCUT2D eigenvalue weighted by Gasteiger charge is -2.18. The van der Waals surface area contributed by atoms with Crippen LogP contribution in [0.15, 0.2) is 28.7 Å². The normalized spacial score (nSPS) is 20.1. The van der Waals surface area contributed by atoms with E-state index in [4.69, 9.17) is 10.00 Å². The first kappa shape index (κ1) is 12.4. The van der Waals surface area contributed by atoms with Crippen molar-refractivity contribution in [2.24, 2.45) is 0 Å². The van der Waals surface area contributed by atoms with Gasteiger partial charge in [0.2, 0.25) is 0 Å². The Balaban J connectivity index is 1.78. The lowest BCUT2D eigenvalue weighted by atomic mass is 10.2. The second kappa shape index (κ2) is 6.04. The number of nitriles is 1. The summed E-state index contributed by atoms with van der Waals surface area (Å²) in [5.74, 6) is 0.868. The molecule has 90 valence electrons. The van der Waals surface area contributed by atoms with Gasteiger partial charge in [0, 0.05) is 11.0 Å². The number of likely N-dealkylation sites (tertiary alicyclic amines) is 1. The molecule has 1 aromatic carbocycles. The van der Waals surface area contributed by atoms with E-state index in [0.717, 1.165) is 36.2 Å². The first-order valence-corrected chi connectivity index (χ1v) is 6.61. The molecule has 1 fully saturated rings. The van der Waals surface area contributed by atoms with Crippen LogP contribution in [0, 0.1) is 11.3 Å². The zero-order valence-electron chi connectivity index (χ0n) is 9.60. The van der Waals surface area contributed by atoms with Crippen LogP contribution in [0.4, 0.5) is 0 Å². The smallest absolute Gasteiger partial charge is 0.120 e. The van der Waals surface area contributed by atoms with Crippen molar-refractivity contribution in [2.45, 2.75) is 18.9 Å². The molecule has 1 heterocycles. The van der Waals surface area contributed by atoms with Gasteiger partial charge in [0.15, 0.2) is 0 Å². The largest absolute Gasteiger partial charge is 0.492 e. The molecule has 0 aromatic heterocycles. The van der Waals surface area contributed by atoms with Gasteiger partial charge in [0.05, 0.1) is 12.1 Å². The topological polar surface area (TPSA) is 36.3 Å². The second-order valence-corrected chi connectivity index (χ2v) is 5.04. The van der Waals surface area contributed by atoms with Gasteiger partial charge in [-0.05, 0) is 37.6 Å². The minimum atomic E-state index is 0.0844. The van der Waals surface area contributed by atoms with Gasteiger partial charge in [0.25, 0.3) is 0 Å². The zero-order valence-corrected chi connectivity index (χ0v) is 11.2. The summed E-state index contributed by atoms with van der Waals surface area (Å²) >= 11 is 3.41. The number of hydrogen-bond acceptors (Lipinski definition) is 3. The summed E-state index contributed by atoms with van der Waals surface area (Å²) < 4.78 is 6.68. The molecule has 1 unspecified atom stereocenters. The SMILES string of the molecule is N#CC1CCCN1CCOc1cccc(Br)c1. The molecular weight excluding hydrogens is 280 g/mol. The number of benzene rings is 1. The predicted molar refractivity (Wildman–Crippen MR) is 69.8 cm³/mol. The van der Waals surface area contributed by atoms with E-state index in [-0.39, 0.29) is 6.04 Å². The highest BCUT2D eigenvalue weighted by molar-refractivity contribution is 9.10. The molecule has 0 spiro atoms. The summed E-state index contributed by atoms with van der Waals surface area (Å²) in [6.45, 7) is 2.47. The van der Waals surface area contributed by atoms with Crippen LogP contribution in [0.2, 0.25) is 0 Å². The monoisotopic (exact) mass is 294 g/mol. The molecular formula is C13H15BrN2O. The molecule has 0 aliphatic carbocycles. The van der Waals surface area contributed by atoms with Crippen LogP contribution in [0.25, 0.3) is 0 Å². The number of rotatable bonds is 4.